The van der Waals surface area contributed by atoms with E-state index in [4.69, 9.17) is 10.5 Å². The van der Waals surface area contributed by atoms with E-state index in [2.05, 4.69) is 48.0 Å². The van der Waals surface area contributed by atoms with Crippen molar-refractivity contribution in [2.24, 2.45) is 0 Å². The van der Waals surface area contributed by atoms with E-state index in [9.17, 15) is 0 Å². The summed E-state index contributed by atoms with van der Waals surface area (Å²) >= 11 is 0. The van der Waals surface area contributed by atoms with Gasteiger partial charge in [-0.15, -0.1) is 0 Å². The summed E-state index contributed by atoms with van der Waals surface area (Å²) < 4.78 is 2.18. The van der Waals surface area contributed by atoms with Crippen molar-refractivity contribution in [2.75, 3.05) is 0 Å². The van der Waals surface area contributed by atoms with Gasteiger partial charge in [-0.2, -0.15) is 10.5 Å². The average Bonchev–Trinajstić information content (AvgIpc) is 2.97. The molecule has 0 N–H and O–H groups in total. The minimum Gasteiger partial charge on any atom is -0.343 e. The monoisotopic (exact) mass is 297 g/mol. The Labute approximate surface area is 135 Å². The Morgan fingerprint density at radius 1 is 1.04 bits per heavy atom. The molecule has 0 saturated carbocycles. The zero-order chi connectivity index (χ0) is 16.2. The highest BCUT2D eigenvalue weighted by Gasteiger charge is 2.04. The molecule has 0 spiro atoms. The minimum absolute atomic E-state index is 0.112. The van der Waals surface area contributed by atoms with E-state index >= 15 is 0 Å². The van der Waals surface area contributed by atoms with Gasteiger partial charge in [0, 0.05) is 18.3 Å². The number of nitrogens with zero attached hydrogens (tertiary/aromatic N) is 3. The molecule has 0 bridgehead atoms. The van der Waals surface area contributed by atoms with Crippen LogP contribution in [0, 0.1) is 29.6 Å². The minimum atomic E-state index is 0.112. The first-order valence-electron chi connectivity index (χ1n) is 7.36. The number of hydrogen-bond acceptors (Lipinski definition) is 2. The Morgan fingerprint density at radius 2 is 1.78 bits per heavy atom. The summed E-state index contributed by atoms with van der Waals surface area (Å²) in [6.07, 6.45) is 3.68. The van der Waals surface area contributed by atoms with E-state index in [1.165, 1.54) is 11.1 Å². The van der Waals surface area contributed by atoms with Gasteiger partial charge < -0.3 is 4.57 Å². The normalized spacial score (nSPS) is 10.0. The van der Waals surface area contributed by atoms with Gasteiger partial charge in [0.25, 0.3) is 0 Å². The molecule has 0 aliphatic heterocycles. The predicted octanol–water partition coefficient (Wildman–Crippen LogP) is 4.43. The number of rotatable bonds is 3. The van der Waals surface area contributed by atoms with Crippen molar-refractivity contribution in [1.82, 2.24) is 4.57 Å². The maximum Gasteiger partial charge on any atom is 0.130 e. The van der Waals surface area contributed by atoms with Gasteiger partial charge in [-0.3, -0.25) is 0 Å². The first-order valence-corrected chi connectivity index (χ1v) is 7.36. The van der Waals surface area contributed by atoms with Crippen molar-refractivity contribution in [3.8, 4) is 12.1 Å². The van der Waals surface area contributed by atoms with Gasteiger partial charge in [0.05, 0.1) is 0 Å². The molecule has 0 atom stereocenters. The summed E-state index contributed by atoms with van der Waals surface area (Å²) in [4.78, 5) is 0. The lowest BCUT2D eigenvalue weighted by Gasteiger charge is -2.07. The quantitative estimate of drug-likeness (QED) is 0.671. The first-order chi connectivity index (χ1) is 11.2. The second-order valence-corrected chi connectivity index (χ2v) is 5.53. The maximum atomic E-state index is 8.89. The van der Waals surface area contributed by atoms with Crippen LogP contribution in [0.25, 0.3) is 17.0 Å². The molecule has 1 aromatic heterocycles. The van der Waals surface area contributed by atoms with E-state index in [1.807, 2.05) is 30.3 Å². The Bertz CT molecular complexity index is 945. The molecule has 3 nitrogen and oxygen atoms in total. The fourth-order valence-corrected chi connectivity index (χ4v) is 2.58. The molecule has 0 unspecified atom stereocenters. The van der Waals surface area contributed by atoms with Gasteiger partial charge in [0.2, 0.25) is 0 Å². The molecule has 23 heavy (non-hydrogen) atoms. The van der Waals surface area contributed by atoms with Crippen LogP contribution < -0.4 is 0 Å². The number of benzene rings is 2. The van der Waals surface area contributed by atoms with Gasteiger partial charge >= 0.3 is 0 Å². The van der Waals surface area contributed by atoms with Gasteiger partial charge in [-0.25, -0.2) is 0 Å². The van der Waals surface area contributed by atoms with Crippen LogP contribution in [0.5, 0.6) is 0 Å². The second kappa shape index (κ2) is 6.22. The Morgan fingerprint density at radius 3 is 2.48 bits per heavy atom. The topological polar surface area (TPSA) is 52.5 Å². The molecular weight excluding hydrogens is 282 g/mol. The van der Waals surface area contributed by atoms with E-state index in [-0.39, 0.29) is 5.57 Å². The van der Waals surface area contributed by atoms with E-state index < -0.39 is 0 Å². The average molecular weight is 297 g/mol. The van der Waals surface area contributed by atoms with Crippen LogP contribution in [-0.2, 0) is 6.54 Å². The first kappa shape index (κ1) is 14.6. The molecule has 3 rings (SSSR count). The van der Waals surface area contributed by atoms with Crippen LogP contribution in [0.15, 0.2) is 60.3 Å². The molecule has 0 radical (unpaired) electrons. The molecule has 1 heterocycles. The largest absolute Gasteiger partial charge is 0.343 e. The molecule has 0 fully saturated rings. The van der Waals surface area contributed by atoms with Crippen LogP contribution in [0.1, 0.15) is 16.7 Å². The predicted molar refractivity (Wildman–Crippen MR) is 91.4 cm³/mol. The zero-order valence-corrected chi connectivity index (χ0v) is 12.8. The lowest BCUT2D eigenvalue weighted by atomic mass is 10.1. The summed E-state index contributed by atoms with van der Waals surface area (Å²) in [7, 11) is 0. The Balaban J connectivity index is 1.99. The van der Waals surface area contributed by atoms with Gasteiger partial charge in [-0.05, 0) is 41.6 Å². The number of nitriles is 2. The van der Waals surface area contributed by atoms with Crippen molar-refractivity contribution in [2.45, 2.75) is 13.5 Å². The number of fused-ring (bicyclic) bond motifs is 1. The third kappa shape index (κ3) is 3.15. The fraction of sp³-hybridized carbons (Fsp3) is 0.100. The molecule has 0 saturated heterocycles. The summed E-state index contributed by atoms with van der Waals surface area (Å²) in [5.74, 6) is 0. The highest BCUT2D eigenvalue weighted by atomic mass is 14.9. The Hall–Kier alpha value is -3.30. The molecule has 0 aliphatic rings. The lowest BCUT2D eigenvalue weighted by Crippen LogP contribution is -1.97. The summed E-state index contributed by atoms with van der Waals surface area (Å²) in [6, 6.07) is 20.3. The van der Waals surface area contributed by atoms with Gasteiger partial charge in [0.1, 0.15) is 17.7 Å². The van der Waals surface area contributed by atoms with Crippen LogP contribution in [-0.4, -0.2) is 4.57 Å². The molecule has 2 aromatic carbocycles. The van der Waals surface area contributed by atoms with Crippen LogP contribution >= 0.6 is 0 Å². The van der Waals surface area contributed by atoms with Crippen LogP contribution in [0.2, 0.25) is 0 Å². The summed E-state index contributed by atoms with van der Waals surface area (Å²) in [6.45, 7) is 2.87. The lowest BCUT2D eigenvalue weighted by molar-refractivity contribution is 0.836. The standard InChI is InChI=1S/C20H15N3/c1-15-2-4-16(5-3-15)14-23-9-8-19-7-6-17(11-20(19)23)10-18(12-21)13-22/h2-11H,14H2,1H3. The van der Waals surface area contributed by atoms with E-state index in [1.54, 1.807) is 6.08 Å². The van der Waals surface area contributed by atoms with Crippen molar-refractivity contribution >= 4 is 17.0 Å². The highest BCUT2D eigenvalue weighted by Crippen LogP contribution is 2.20. The number of hydrogen-bond donors (Lipinski definition) is 0. The SMILES string of the molecule is Cc1ccc(Cn2ccc3ccc(C=C(C#N)C#N)cc32)cc1. The second-order valence-electron chi connectivity index (χ2n) is 5.53. The van der Waals surface area contributed by atoms with Crippen LogP contribution in [0.3, 0.4) is 0 Å². The smallest absolute Gasteiger partial charge is 0.130 e. The molecule has 110 valence electrons. The number of allylic oxidation sites excluding steroid dienone is 1. The fourth-order valence-electron chi connectivity index (χ4n) is 2.58. The van der Waals surface area contributed by atoms with Crippen molar-refractivity contribution in [3.05, 3.63) is 77.0 Å². The molecule has 3 heteroatoms. The summed E-state index contributed by atoms with van der Waals surface area (Å²) in [5.41, 5.74) is 4.55. The van der Waals surface area contributed by atoms with Crippen molar-refractivity contribution in [3.63, 3.8) is 0 Å². The van der Waals surface area contributed by atoms with Crippen LogP contribution in [0.4, 0.5) is 0 Å². The van der Waals surface area contributed by atoms with E-state index in [0.29, 0.717) is 0 Å². The zero-order valence-electron chi connectivity index (χ0n) is 12.8. The Kier molecular flexibility index (Phi) is 3.95. The maximum absolute atomic E-state index is 8.89. The molecule has 0 aliphatic carbocycles. The number of aryl methyl sites for hydroxylation is 1. The van der Waals surface area contributed by atoms with Gasteiger partial charge in [-0.1, -0.05) is 42.0 Å². The summed E-state index contributed by atoms with van der Waals surface area (Å²) in [5, 5.41) is 18.9. The molecular formula is C20H15N3. The van der Waals surface area contributed by atoms with Gasteiger partial charge in [0.15, 0.2) is 0 Å². The molecule has 3 aromatic rings. The van der Waals surface area contributed by atoms with Crippen molar-refractivity contribution < 1.29 is 0 Å². The highest BCUT2D eigenvalue weighted by molar-refractivity contribution is 5.83. The third-order valence-corrected chi connectivity index (χ3v) is 3.82. The van der Waals surface area contributed by atoms with Crippen molar-refractivity contribution in [1.29, 1.82) is 10.5 Å². The van der Waals surface area contributed by atoms with E-state index in [0.717, 1.165) is 23.0 Å². The number of aromatic nitrogens is 1. The third-order valence-electron chi connectivity index (χ3n) is 3.82. The molecule has 0 amide bonds.